The number of nitrogens with one attached hydrogen (secondary N) is 3. The topological polar surface area (TPSA) is 151 Å². The molecule has 0 aromatic heterocycles. The van der Waals surface area contributed by atoms with E-state index in [1.165, 1.54) is 20.8 Å². The summed E-state index contributed by atoms with van der Waals surface area (Å²) < 4.78 is 127. The van der Waals surface area contributed by atoms with Gasteiger partial charge >= 0.3 is 6.03 Å². The summed E-state index contributed by atoms with van der Waals surface area (Å²) in [5.74, 6) is -9.29. The van der Waals surface area contributed by atoms with Crippen LogP contribution >= 0.6 is 0 Å². The number of hydrogen-bond acceptors (Lipinski definition) is 5. The first-order valence-electron chi connectivity index (χ1n) is 19.8. The molecule has 0 radical (unpaired) electrons. The van der Waals surface area contributed by atoms with Gasteiger partial charge in [0.2, 0.25) is 17.6 Å². The molecule has 5 amide bonds. The van der Waals surface area contributed by atoms with Crippen LogP contribution in [0.2, 0.25) is 0 Å². The van der Waals surface area contributed by atoms with Crippen LogP contribution in [0.4, 0.5) is 4.79 Å². The first-order chi connectivity index (χ1) is 23.2. The minimum absolute atomic E-state index is 0.129. The molecule has 1 heterocycles. The molecule has 3 fully saturated rings. The van der Waals surface area contributed by atoms with Crippen LogP contribution in [0.5, 0.6) is 0 Å². The number of amides is 5. The normalized spacial score (nSPS) is 38.6. The van der Waals surface area contributed by atoms with Crippen molar-refractivity contribution < 1.29 is 45.9 Å². The van der Waals surface area contributed by atoms with Crippen molar-refractivity contribution >= 4 is 29.5 Å². The fraction of sp³-hybridized carbons (Fsp3) is 0.815. The van der Waals surface area contributed by atoms with Crippen LogP contribution in [0.1, 0.15) is 103 Å². The summed E-state index contributed by atoms with van der Waals surface area (Å²) in [7, 11) is 0. The third kappa shape index (κ3) is 6.26. The zero-order valence-electron chi connectivity index (χ0n) is 37.4. The van der Waals surface area contributed by atoms with Crippen molar-refractivity contribution in [3.63, 3.8) is 0 Å². The predicted molar refractivity (Wildman–Crippen MR) is 139 cm³/mol. The SMILES string of the molecule is [2H]C([2H])([2H])C(NC(=O)N[C@H](C(=O)N1C[C@H]2[C@@H]([C@H]1C(=O)N[C@@H](CC1([2H])C([2H])([2H])C([2H])([2H])C1([2H])[2H])C(=O)C(N)=O)C2(C)C)C(C)(C)C)(C([2H])([2H])[2H])C([2H])([2H])[2H]. The van der Waals surface area contributed by atoms with Crippen molar-refractivity contribution in [2.45, 2.75) is 104 Å². The first-order valence-corrected chi connectivity index (χ1v) is 11.8. The Bertz CT molecular complexity index is 1500. The van der Waals surface area contributed by atoms with Gasteiger partial charge in [-0.05, 0) is 55.5 Å². The van der Waals surface area contributed by atoms with E-state index in [4.69, 9.17) is 27.7 Å². The molecule has 0 aromatic rings. The maximum Gasteiger partial charge on any atom is 0.315 e. The molecule has 0 aromatic carbocycles. The van der Waals surface area contributed by atoms with Crippen molar-refractivity contribution in [3.05, 3.63) is 0 Å². The lowest BCUT2D eigenvalue weighted by molar-refractivity contribution is -0.145. The standard InChI is InChI=1S/C27H45N5O5/c1-25(2,3)20(30-24(37)31-26(4,5)6)23(36)32-13-15-17(27(15,7)8)18(32)22(35)29-16(19(33)21(28)34)12-14-10-9-11-14/h14-18,20H,9-13H2,1-8H3,(H2,28,34)(H,29,35)(H2,30,31,37)/t15-,16-,17-,18-,20+/m0/s1/i4D3,5D3,6D3,9D2,10D2,11D2,14D. The third-order valence-corrected chi connectivity index (χ3v) is 7.16. The number of fused-ring (bicyclic) bond motifs is 1. The van der Waals surface area contributed by atoms with Crippen LogP contribution in [0.3, 0.4) is 0 Å². The lowest BCUT2D eigenvalue weighted by Crippen LogP contribution is -2.62. The van der Waals surface area contributed by atoms with Gasteiger partial charge in [0.15, 0.2) is 0 Å². The Hall–Kier alpha value is -2.65. The number of nitrogens with zero attached hydrogens (tertiary/aromatic N) is 1. The Labute approximate surface area is 242 Å². The van der Waals surface area contributed by atoms with Gasteiger partial charge in [-0.3, -0.25) is 19.2 Å². The fourth-order valence-electron chi connectivity index (χ4n) is 5.06. The summed E-state index contributed by atoms with van der Waals surface area (Å²) in [6, 6.07) is -6.96. The van der Waals surface area contributed by atoms with Gasteiger partial charge in [0.1, 0.15) is 12.1 Å². The number of carbonyl (C=O) groups is 5. The molecule has 3 aliphatic rings. The number of rotatable bonds is 8. The van der Waals surface area contributed by atoms with Crippen LogP contribution in [-0.4, -0.2) is 64.6 Å². The van der Waals surface area contributed by atoms with Gasteiger partial charge in [-0.2, -0.15) is 0 Å². The second-order valence-electron chi connectivity index (χ2n) is 11.4. The molecule has 5 atom stereocenters. The minimum Gasteiger partial charge on any atom is -0.363 e. The molecule has 208 valence electrons. The lowest BCUT2D eigenvalue weighted by Gasteiger charge is -2.38. The molecule has 2 aliphatic carbocycles. The number of urea groups is 1. The summed E-state index contributed by atoms with van der Waals surface area (Å²) in [6.45, 7) is -3.70. The van der Waals surface area contributed by atoms with Crippen LogP contribution in [0, 0.1) is 28.6 Å². The number of Topliss-reactive ketones (excluding diaryl/α,β-unsaturated/α-hetero) is 1. The molecule has 0 spiro atoms. The van der Waals surface area contributed by atoms with Gasteiger partial charge in [-0.15, -0.1) is 0 Å². The molecule has 5 N–H and O–H groups in total. The number of likely N-dealkylation sites (tertiary alicyclic amines) is 1. The predicted octanol–water partition coefficient (Wildman–Crippen LogP) is 1.71. The van der Waals surface area contributed by atoms with Crippen molar-refractivity contribution in [1.82, 2.24) is 20.9 Å². The van der Waals surface area contributed by atoms with E-state index in [1.807, 2.05) is 0 Å². The average Bonchev–Trinajstić information content (AvgIpc) is 3.26. The molecule has 0 unspecified atom stereocenters. The van der Waals surface area contributed by atoms with Gasteiger partial charge in [0.25, 0.3) is 5.91 Å². The van der Waals surface area contributed by atoms with Crippen molar-refractivity contribution in [1.29, 1.82) is 0 Å². The van der Waals surface area contributed by atoms with Crippen LogP contribution in [0.25, 0.3) is 0 Å². The lowest BCUT2D eigenvalue weighted by atomic mass is 9.80. The second-order valence-corrected chi connectivity index (χ2v) is 11.4. The maximum absolute atomic E-state index is 14.3. The summed E-state index contributed by atoms with van der Waals surface area (Å²) in [6.07, 6.45) is -10.9. The van der Waals surface area contributed by atoms with Crippen LogP contribution in [-0.2, 0) is 19.2 Å². The zero-order chi connectivity index (χ0) is 41.9. The quantitative estimate of drug-likeness (QED) is 0.349. The Kier molecular flexibility index (Phi) is 3.73. The van der Waals surface area contributed by atoms with Crippen molar-refractivity contribution in [2.75, 3.05) is 6.54 Å². The highest BCUT2D eigenvalue weighted by Crippen LogP contribution is 2.65. The largest absolute Gasteiger partial charge is 0.363 e. The van der Waals surface area contributed by atoms with Crippen molar-refractivity contribution in [3.8, 4) is 0 Å². The Morgan fingerprint density at radius 2 is 1.76 bits per heavy atom. The van der Waals surface area contributed by atoms with E-state index in [9.17, 15) is 24.0 Å². The van der Waals surface area contributed by atoms with E-state index in [0.29, 0.717) is 0 Å². The van der Waals surface area contributed by atoms with E-state index in [1.54, 1.807) is 19.2 Å². The molecule has 10 heteroatoms. The molecular formula is C27H45N5O5. The third-order valence-electron chi connectivity index (χ3n) is 7.16. The minimum atomic E-state index is -3.81. The summed E-state index contributed by atoms with van der Waals surface area (Å²) in [5, 5.41) is 5.97. The average molecular weight is 536 g/mol. The summed E-state index contributed by atoms with van der Waals surface area (Å²) >= 11 is 0. The van der Waals surface area contributed by atoms with Crippen molar-refractivity contribution in [2.24, 2.45) is 34.3 Å². The molecular weight excluding hydrogens is 474 g/mol. The molecule has 3 rings (SSSR count). The highest BCUT2D eigenvalue weighted by molar-refractivity contribution is 6.37. The molecule has 0 bridgehead atoms. The highest BCUT2D eigenvalue weighted by Gasteiger charge is 2.70. The molecule has 2 saturated carbocycles. The number of primary amides is 1. The Morgan fingerprint density at radius 1 is 1.14 bits per heavy atom. The van der Waals surface area contributed by atoms with E-state index in [-0.39, 0.29) is 12.5 Å². The van der Waals surface area contributed by atoms with Gasteiger partial charge in [0.05, 0.1) is 6.04 Å². The Morgan fingerprint density at radius 3 is 2.30 bits per heavy atom. The number of piperidine rings is 1. The van der Waals surface area contributed by atoms with Gasteiger partial charge < -0.3 is 26.6 Å². The van der Waals surface area contributed by atoms with E-state index < -0.39 is 122 Å². The first kappa shape index (κ1) is 13.9. The monoisotopic (exact) mass is 535 g/mol. The number of ketones is 1. The van der Waals surface area contributed by atoms with E-state index >= 15 is 0 Å². The van der Waals surface area contributed by atoms with Crippen LogP contribution in [0.15, 0.2) is 0 Å². The maximum atomic E-state index is 14.3. The number of hydrogen-bond donors (Lipinski definition) is 4. The summed E-state index contributed by atoms with van der Waals surface area (Å²) in [5.41, 5.74) is -0.492. The van der Waals surface area contributed by atoms with Gasteiger partial charge in [0, 0.05) is 34.0 Å². The summed E-state index contributed by atoms with van der Waals surface area (Å²) in [4.78, 5) is 67.7. The van der Waals surface area contributed by atoms with Gasteiger partial charge in [-0.25, -0.2) is 4.79 Å². The zero-order valence-corrected chi connectivity index (χ0v) is 21.4. The highest BCUT2D eigenvalue weighted by atomic mass is 16.2. The smallest absolute Gasteiger partial charge is 0.315 e. The number of nitrogens with two attached hydrogens (primary N) is 1. The molecule has 1 saturated heterocycles. The van der Waals surface area contributed by atoms with Crippen LogP contribution < -0.4 is 21.7 Å². The molecule has 1 aliphatic heterocycles. The fourth-order valence-corrected chi connectivity index (χ4v) is 5.06. The van der Waals surface area contributed by atoms with E-state index in [0.717, 1.165) is 4.90 Å². The van der Waals surface area contributed by atoms with E-state index in [2.05, 4.69) is 10.6 Å². The second kappa shape index (κ2) is 9.91. The molecule has 10 nitrogen and oxygen atoms in total. The molecule has 37 heavy (non-hydrogen) atoms. The number of carbonyl (C=O) groups excluding carboxylic acids is 5. The van der Waals surface area contributed by atoms with Gasteiger partial charge in [-0.1, -0.05) is 53.7 Å². The Balaban J connectivity index is 2.01.